The molecule has 2 heterocycles. The van der Waals surface area contributed by atoms with Gasteiger partial charge >= 0.3 is 0 Å². The summed E-state index contributed by atoms with van der Waals surface area (Å²) < 4.78 is 1.90. The van der Waals surface area contributed by atoms with Crippen molar-refractivity contribution in [2.45, 2.75) is 32.7 Å². The van der Waals surface area contributed by atoms with E-state index in [1.165, 1.54) is 30.5 Å². The van der Waals surface area contributed by atoms with Gasteiger partial charge in [-0.3, -0.25) is 4.68 Å². The largest absolute Gasteiger partial charge is 0.343 e. The summed E-state index contributed by atoms with van der Waals surface area (Å²) in [6.45, 7) is 4.89. The molecule has 3 rings (SSSR count). The first kappa shape index (κ1) is 15.6. The maximum atomic E-state index is 4.87. The number of aryl methyl sites for hydroxylation is 1. The number of anilines is 1. The Morgan fingerprint density at radius 2 is 1.91 bits per heavy atom. The van der Waals surface area contributed by atoms with Crippen molar-refractivity contribution in [2.24, 2.45) is 12.0 Å². The molecule has 1 fully saturated rings. The molecule has 1 aromatic heterocycles. The van der Waals surface area contributed by atoms with Gasteiger partial charge in [0.1, 0.15) is 0 Å². The monoisotopic (exact) mass is 311 g/mol. The first-order chi connectivity index (χ1) is 11.2. The molecule has 5 heteroatoms. The molecule has 23 heavy (non-hydrogen) atoms. The highest BCUT2D eigenvalue weighted by Gasteiger charge is 2.15. The molecule has 0 unspecified atom stereocenters. The molecule has 122 valence electrons. The molecule has 1 aromatic carbocycles. The molecule has 1 aliphatic heterocycles. The zero-order valence-electron chi connectivity index (χ0n) is 14.0. The molecule has 0 saturated carbocycles. The van der Waals surface area contributed by atoms with Gasteiger partial charge < -0.3 is 10.2 Å². The van der Waals surface area contributed by atoms with Crippen LogP contribution < -0.4 is 5.32 Å². The second kappa shape index (κ2) is 7.31. The quantitative estimate of drug-likeness (QED) is 0.699. The molecule has 5 nitrogen and oxygen atoms in total. The van der Waals surface area contributed by atoms with Crippen LogP contribution in [-0.2, 0) is 13.6 Å². The first-order valence-electron chi connectivity index (χ1n) is 8.33. The molecule has 1 saturated heterocycles. The lowest BCUT2D eigenvalue weighted by molar-refractivity contribution is 0.340. The van der Waals surface area contributed by atoms with Crippen molar-refractivity contribution in [3.8, 4) is 0 Å². The van der Waals surface area contributed by atoms with Crippen molar-refractivity contribution in [3.63, 3.8) is 0 Å². The number of nitrogens with one attached hydrogen (secondary N) is 1. The molecule has 0 spiro atoms. The Bertz CT molecular complexity index is 653. The third kappa shape index (κ3) is 3.92. The number of piperidine rings is 1. The average Bonchev–Trinajstić information content (AvgIpc) is 2.92. The Morgan fingerprint density at radius 3 is 2.57 bits per heavy atom. The highest BCUT2D eigenvalue weighted by Crippen LogP contribution is 2.14. The van der Waals surface area contributed by atoms with Crippen LogP contribution in [0, 0.1) is 6.92 Å². The second-order valence-corrected chi connectivity index (χ2v) is 6.06. The van der Waals surface area contributed by atoms with Gasteiger partial charge in [0.05, 0.1) is 12.7 Å². The van der Waals surface area contributed by atoms with Crippen molar-refractivity contribution in [3.05, 3.63) is 47.8 Å². The number of likely N-dealkylation sites (tertiary alicyclic amines) is 1. The fourth-order valence-electron chi connectivity index (χ4n) is 2.83. The van der Waals surface area contributed by atoms with E-state index in [1.54, 1.807) is 0 Å². The normalized spacial score (nSPS) is 15.7. The van der Waals surface area contributed by atoms with Crippen LogP contribution in [0.2, 0.25) is 0 Å². The summed E-state index contributed by atoms with van der Waals surface area (Å²) in [5, 5.41) is 7.80. The lowest BCUT2D eigenvalue weighted by Crippen LogP contribution is -2.40. The van der Waals surface area contributed by atoms with Crippen LogP contribution in [0.15, 0.2) is 41.5 Å². The van der Waals surface area contributed by atoms with Gasteiger partial charge in [-0.2, -0.15) is 5.10 Å². The summed E-state index contributed by atoms with van der Waals surface area (Å²) >= 11 is 0. The minimum absolute atomic E-state index is 0.658. The minimum atomic E-state index is 0.658. The molecule has 0 aliphatic carbocycles. The standard InChI is InChI=1S/C18H25N5/c1-15-16(14-20-22(15)2)13-19-18(23-11-7-4-8-12-23)21-17-9-5-3-6-10-17/h3,5-6,9-10,14H,4,7-8,11-13H2,1-2H3,(H,19,21). The fourth-order valence-corrected chi connectivity index (χ4v) is 2.83. The Balaban J connectivity index is 1.78. The molecule has 0 bridgehead atoms. The Hall–Kier alpha value is -2.30. The van der Waals surface area contributed by atoms with Crippen LogP contribution in [0.3, 0.4) is 0 Å². The van der Waals surface area contributed by atoms with E-state index in [-0.39, 0.29) is 0 Å². The molecular formula is C18H25N5. The van der Waals surface area contributed by atoms with E-state index in [4.69, 9.17) is 4.99 Å². The van der Waals surface area contributed by atoms with Crippen LogP contribution in [0.25, 0.3) is 0 Å². The van der Waals surface area contributed by atoms with Crippen molar-refractivity contribution in [2.75, 3.05) is 18.4 Å². The lowest BCUT2D eigenvalue weighted by Gasteiger charge is -2.30. The third-order valence-corrected chi connectivity index (χ3v) is 4.42. The minimum Gasteiger partial charge on any atom is -0.343 e. The Kier molecular flexibility index (Phi) is 4.95. The maximum absolute atomic E-state index is 4.87. The smallest absolute Gasteiger partial charge is 0.198 e. The van der Waals surface area contributed by atoms with Crippen molar-refractivity contribution in [1.29, 1.82) is 0 Å². The summed E-state index contributed by atoms with van der Waals surface area (Å²) in [7, 11) is 1.97. The van der Waals surface area contributed by atoms with Gasteiger partial charge in [-0.15, -0.1) is 0 Å². The summed E-state index contributed by atoms with van der Waals surface area (Å²) in [6, 6.07) is 10.3. The van der Waals surface area contributed by atoms with Gasteiger partial charge in [0.25, 0.3) is 0 Å². The van der Waals surface area contributed by atoms with Gasteiger partial charge in [0.2, 0.25) is 0 Å². The predicted octanol–water partition coefficient (Wildman–Crippen LogP) is 3.18. The number of nitrogens with zero attached hydrogens (tertiary/aromatic N) is 4. The molecular weight excluding hydrogens is 286 g/mol. The average molecular weight is 311 g/mol. The highest BCUT2D eigenvalue weighted by molar-refractivity contribution is 5.93. The molecule has 0 atom stereocenters. The number of guanidine groups is 1. The number of rotatable bonds is 3. The van der Waals surface area contributed by atoms with Crippen LogP contribution in [-0.4, -0.2) is 33.7 Å². The van der Waals surface area contributed by atoms with E-state index in [2.05, 4.69) is 34.4 Å². The lowest BCUT2D eigenvalue weighted by atomic mass is 10.1. The molecule has 2 aromatic rings. The van der Waals surface area contributed by atoms with E-state index in [1.807, 2.05) is 36.1 Å². The summed E-state index contributed by atoms with van der Waals surface area (Å²) in [5.41, 5.74) is 3.43. The predicted molar refractivity (Wildman–Crippen MR) is 94.6 cm³/mol. The second-order valence-electron chi connectivity index (χ2n) is 6.06. The van der Waals surface area contributed by atoms with Crippen molar-refractivity contribution < 1.29 is 0 Å². The van der Waals surface area contributed by atoms with Crippen molar-refractivity contribution in [1.82, 2.24) is 14.7 Å². The van der Waals surface area contributed by atoms with Gasteiger partial charge in [-0.25, -0.2) is 4.99 Å². The molecule has 0 amide bonds. The summed E-state index contributed by atoms with van der Waals surface area (Å²) in [4.78, 5) is 7.23. The van der Waals surface area contributed by atoms with E-state index in [9.17, 15) is 0 Å². The summed E-state index contributed by atoms with van der Waals surface area (Å²) in [5.74, 6) is 0.971. The maximum Gasteiger partial charge on any atom is 0.198 e. The SMILES string of the molecule is Cc1c(CN=C(Nc2ccccc2)N2CCCCC2)cnn1C. The molecule has 1 aliphatic rings. The first-order valence-corrected chi connectivity index (χ1v) is 8.33. The van der Waals surface area contributed by atoms with Crippen LogP contribution >= 0.6 is 0 Å². The highest BCUT2D eigenvalue weighted by atomic mass is 15.3. The van der Waals surface area contributed by atoms with E-state index >= 15 is 0 Å². The molecule has 0 radical (unpaired) electrons. The van der Waals surface area contributed by atoms with Gasteiger partial charge in [-0.05, 0) is 38.3 Å². The number of para-hydroxylation sites is 1. The Labute approximate surface area is 138 Å². The number of hydrogen-bond donors (Lipinski definition) is 1. The molecule has 1 N–H and O–H groups in total. The third-order valence-electron chi connectivity index (χ3n) is 4.42. The zero-order valence-corrected chi connectivity index (χ0v) is 14.0. The van der Waals surface area contributed by atoms with E-state index in [0.717, 1.165) is 24.7 Å². The number of hydrogen-bond acceptors (Lipinski definition) is 2. The number of aromatic nitrogens is 2. The fraction of sp³-hybridized carbons (Fsp3) is 0.444. The van der Waals surface area contributed by atoms with Crippen LogP contribution in [0.4, 0.5) is 5.69 Å². The van der Waals surface area contributed by atoms with Crippen LogP contribution in [0.1, 0.15) is 30.5 Å². The van der Waals surface area contributed by atoms with Gasteiger partial charge in [-0.1, -0.05) is 18.2 Å². The topological polar surface area (TPSA) is 45.5 Å². The van der Waals surface area contributed by atoms with Crippen LogP contribution in [0.5, 0.6) is 0 Å². The van der Waals surface area contributed by atoms with E-state index in [0.29, 0.717) is 6.54 Å². The van der Waals surface area contributed by atoms with Gasteiger partial charge in [0, 0.05) is 37.1 Å². The van der Waals surface area contributed by atoms with Gasteiger partial charge in [0.15, 0.2) is 5.96 Å². The zero-order chi connectivity index (χ0) is 16.1. The van der Waals surface area contributed by atoms with E-state index < -0.39 is 0 Å². The summed E-state index contributed by atoms with van der Waals surface area (Å²) in [6.07, 6.45) is 5.70. The Morgan fingerprint density at radius 1 is 1.17 bits per heavy atom. The van der Waals surface area contributed by atoms with Crippen molar-refractivity contribution >= 4 is 11.6 Å². The number of aliphatic imine (C=N–C) groups is 1. The number of benzene rings is 1.